The number of benzene rings is 1. The van der Waals surface area contributed by atoms with E-state index in [4.69, 9.17) is 17.3 Å². The van der Waals surface area contributed by atoms with Gasteiger partial charge in [-0.25, -0.2) is 4.98 Å². The Labute approximate surface area is 130 Å². The van der Waals surface area contributed by atoms with Crippen LogP contribution in [0.25, 0.3) is 10.2 Å². The maximum absolute atomic E-state index is 9.17. The lowest BCUT2D eigenvalue weighted by atomic mass is 10.2. The molecule has 3 rings (SSSR count). The van der Waals surface area contributed by atoms with Gasteiger partial charge in [-0.05, 0) is 31.2 Å². The third kappa shape index (κ3) is 2.61. The van der Waals surface area contributed by atoms with E-state index < -0.39 is 0 Å². The molecule has 0 fully saturated rings. The van der Waals surface area contributed by atoms with Crippen LogP contribution in [0.2, 0.25) is 5.02 Å². The molecule has 5 nitrogen and oxygen atoms in total. The Morgan fingerprint density at radius 3 is 2.90 bits per heavy atom. The normalized spacial score (nSPS) is 10.5. The highest BCUT2D eigenvalue weighted by atomic mass is 35.5. The van der Waals surface area contributed by atoms with Crippen LogP contribution in [0.1, 0.15) is 10.4 Å². The van der Waals surface area contributed by atoms with E-state index >= 15 is 0 Å². The van der Waals surface area contributed by atoms with Crippen LogP contribution in [0, 0.1) is 18.3 Å². The second kappa shape index (κ2) is 5.20. The number of nitrogen functional groups attached to an aromatic ring is 1. The Hall–Kier alpha value is -2.36. The molecule has 0 unspecified atom stereocenters. The van der Waals surface area contributed by atoms with Gasteiger partial charge >= 0.3 is 0 Å². The lowest BCUT2D eigenvalue weighted by Crippen LogP contribution is -2.01. The molecule has 0 saturated heterocycles. The largest absolute Gasteiger partial charge is 0.368 e. The van der Waals surface area contributed by atoms with Crippen molar-refractivity contribution in [3.8, 4) is 6.07 Å². The Morgan fingerprint density at radius 2 is 2.14 bits per heavy atom. The predicted molar refractivity (Wildman–Crippen MR) is 86.0 cm³/mol. The first kappa shape index (κ1) is 13.6. The summed E-state index contributed by atoms with van der Waals surface area (Å²) >= 11 is 7.53. The molecule has 3 N–H and O–H groups in total. The summed E-state index contributed by atoms with van der Waals surface area (Å²) < 4.78 is 0. The lowest BCUT2D eigenvalue weighted by molar-refractivity contribution is 1.24. The molecular weight excluding hydrogens is 306 g/mol. The first-order valence-corrected chi connectivity index (χ1v) is 7.26. The summed E-state index contributed by atoms with van der Waals surface area (Å²) in [6, 6.07) is 9.11. The monoisotopic (exact) mass is 315 g/mol. The van der Waals surface area contributed by atoms with Crippen molar-refractivity contribution >= 4 is 50.6 Å². The summed E-state index contributed by atoms with van der Waals surface area (Å²) in [7, 11) is 0. The highest BCUT2D eigenvalue weighted by Crippen LogP contribution is 2.32. The van der Waals surface area contributed by atoms with Crippen LogP contribution in [0.15, 0.2) is 24.3 Å². The number of nitrogens with one attached hydrogen (secondary N) is 1. The second-order valence-corrected chi connectivity index (χ2v) is 6.10. The number of rotatable bonds is 2. The smallest absolute Gasteiger partial charge is 0.223 e. The van der Waals surface area contributed by atoms with Gasteiger partial charge in [-0.3, -0.25) is 0 Å². The standard InChI is InChI=1S/C14H10ClN5S/c1-7-4-10-12(19-14(17)20-13(10)21-7)18-11-5-9(15)3-2-8(11)6-16/h2-5H,1H3,(H3,17,18,19,20). The van der Waals surface area contributed by atoms with Crippen molar-refractivity contribution in [2.45, 2.75) is 6.92 Å². The number of thiophene rings is 1. The molecule has 0 aliphatic carbocycles. The first-order valence-electron chi connectivity index (χ1n) is 6.07. The van der Waals surface area contributed by atoms with Crippen molar-refractivity contribution in [2.24, 2.45) is 0 Å². The van der Waals surface area contributed by atoms with Crippen molar-refractivity contribution in [1.29, 1.82) is 5.26 Å². The molecule has 0 radical (unpaired) electrons. The van der Waals surface area contributed by atoms with E-state index in [0.717, 1.165) is 15.1 Å². The molecule has 0 amide bonds. The summed E-state index contributed by atoms with van der Waals surface area (Å²) in [5.41, 5.74) is 6.82. The van der Waals surface area contributed by atoms with Crippen LogP contribution >= 0.6 is 22.9 Å². The number of fused-ring (bicyclic) bond motifs is 1. The van der Waals surface area contributed by atoms with Gasteiger partial charge in [0.05, 0.1) is 16.6 Å². The Bertz CT molecular complexity index is 881. The fourth-order valence-electron chi connectivity index (χ4n) is 2.00. The number of aromatic nitrogens is 2. The van der Waals surface area contributed by atoms with Gasteiger partial charge in [0, 0.05) is 9.90 Å². The van der Waals surface area contributed by atoms with Crippen molar-refractivity contribution in [3.05, 3.63) is 39.7 Å². The molecule has 21 heavy (non-hydrogen) atoms. The fraction of sp³-hybridized carbons (Fsp3) is 0.0714. The quantitative estimate of drug-likeness (QED) is 0.750. The number of nitriles is 1. The Morgan fingerprint density at radius 1 is 1.33 bits per heavy atom. The zero-order valence-electron chi connectivity index (χ0n) is 11.0. The van der Waals surface area contributed by atoms with E-state index in [9.17, 15) is 5.26 Å². The van der Waals surface area contributed by atoms with E-state index in [2.05, 4.69) is 21.4 Å². The summed E-state index contributed by atoms with van der Waals surface area (Å²) in [5, 5.41) is 13.7. The van der Waals surface area contributed by atoms with Crippen LogP contribution < -0.4 is 11.1 Å². The van der Waals surface area contributed by atoms with Crippen molar-refractivity contribution in [3.63, 3.8) is 0 Å². The molecule has 0 atom stereocenters. The van der Waals surface area contributed by atoms with E-state index in [1.807, 2.05) is 13.0 Å². The van der Waals surface area contributed by atoms with E-state index in [1.165, 1.54) is 0 Å². The SMILES string of the molecule is Cc1cc2c(Nc3cc(Cl)ccc3C#N)nc(N)nc2s1. The molecule has 0 spiro atoms. The molecule has 104 valence electrons. The number of nitrogens with zero attached hydrogens (tertiary/aromatic N) is 3. The maximum atomic E-state index is 9.17. The minimum Gasteiger partial charge on any atom is -0.368 e. The van der Waals surface area contributed by atoms with E-state index in [-0.39, 0.29) is 5.95 Å². The number of nitrogens with two attached hydrogens (primary N) is 1. The molecule has 2 aromatic heterocycles. The molecule has 1 aromatic carbocycles. The third-order valence-corrected chi connectivity index (χ3v) is 4.07. The molecule has 0 aliphatic rings. The molecule has 3 aromatic rings. The van der Waals surface area contributed by atoms with E-state index in [1.54, 1.807) is 29.5 Å². The molecule has 0 saturated carbocycles. The lowest BCUT2D eigenvalue weighted by Gasteiger charge is -2.09. The number of aryl methyl sites for hydroxylation is 1. The van der Waals surface area contributed by atoms with Crippen LogP contribution in [0.5, 0.6) is 0 Å². The first-order chi connectivity index (χ1) is 10.1. The van der Waals surface area contributed by atoms with Gasteiger partial charge in [-0.1, -0.05) is 11.6 Å². The molecule has 0 bridgehead atoms. The van der Waals surface area contributed by atoms with Crippen molar-refractivity contribution < 1.29 is 0 Å². The van der Waals surface area contributed by atoms with Crippen molar-refractivity contribution in [1.82, 2.24) is 9.97 Å². The zero-order chi connectivity index (χ0) is 15.0. The number of hydrogen-bond donors (Lipinski definition) is 2. The minimum atomic E-state index is 0.187. The number of hydrogen-bond acceptors (Lipinski definition) is 6. The Balaban J connectivity index is 2.14. The van der Waals surface area contributed by atoms with Gasteiger partial charge < -0.3 is 11.1 Å². The topological polar surface area (TPSA) is 87.6 Å². The summed E-state index contributed by atoms with van der Waals surface area (Å²) in [4.78, 5) is 10.4. The third-order valence-electron chi connectivity index (χ3n) is 2.89. The van der Waals surface area contributed by atoms with Crippen LogP contribution in [0.3, 0.4) is 0 Å². The van der Waals surface area contributed by atoms with Gasteiger partial charge in [0.2, 0.25) is 5.95 Å². The molecule has 2 heterocycles. The number of halogens is 1. The second-order valence-electron chi connectivity index (χ2n) is 4.43. The fourth-order valence-corrected chi connectivity index (χ4v) is 3.06. The van der Waals surface area contributed by atoms with Gasteiger partial charge in [-0.2, -0.15) is 10.2 Å². The molecule has 7 heteroatoms. The summed E-state index contributed by atoms with van der Waals surface area (Å²) in [5.74, 6) is 0.757. The Kier molecular flexibility index (Phi) is 3.37. The molecule has 0 aliphatic heterocycles. The minimum absolute atomic E-state index is 0.187. The number of anilines is 3. The summed E-state index contributed by atoms with van der Waals surface area (Å²) in [6.45, 7) is 1.99. The summed E-state index contributed by atoms with van der Waals surface area (Å²) in [6.07, 6.45) is 0. The van der Waals surface area contributed by atoms with Gasteiger partial charge in [0.1, 0.15) is 16.7 Å². The highest BCUT2D eigenvalue weighted by Gasteiger charge is 2.11. The van der Waals surface area contributed by atoms with Crippen LogP contribution in [-0.2, 0) is 0 Å². The van der Waals surface area contributed by atoms with Crippen LogP contribution in [-0.4, -0.2) is 9.97 Å². The van der Waals surface area contributed by atoms with Crippen LogP contribution in [0.4, 0.5) is 17.5 Å². The van der Waals surface area contributed by atoms with Crippen molar-refractivity contribution in [2.75, 3.05) is 11.1 Å². The van der Waals surface area contributed by atoms with Gasteiger partial charge in [0.15, 0.2) is 0 Å². The molecular formula is C14H10ClN5S. The average molecular weight is 316 g/mol. The zero-order valence-corrected chi connectivity index (χ0v) is 12.6. The van der Waals surface area contributed by atoms with E-state index in [0.29, 0.717) is 22.1 Å². The predicted octanol–water partition coefficient (Wildman–Crippen LogP) is 3.85. The average Bonchev–Trinajstić information content (AvgIpc) is 2.79. The van der Waals surface area contributed by atoms with Gasteiger partial charge in [-0.15, -0.1) is 11.3 Å². The van der Waals surface area contributed by atoms with Gasteiger partial charge in [0.25, 0.3) is 0 Å². The highest BCUT2D eigenvalue weighted by molar-refractivity contribution is 7.18. The maximum Gasteiger partial charge on any atom is 0.223 e.